The second-order valence-corrected chi connectivity index (χ2v) is 6.23. The molecular formula is C17H26NO3. The van der Waals surface area contributed by atoms with Gasteiger partial charge < -0.3 is 4.74 Å². The van der Waals surface area contributed by atoms with Gasteiger partial charge in [-0.1, -0.05) is 25.7 Å². The Labute approximate surface area is 127 Å². The number of nitrogens with zero attached hydrogens (tertiary/aromatic N) is 1. The Morgan fingerprint density at radius 3 is 2.19 bits per heavy atom. The summed E-state index contributed by atoms with van der Waals surface area (Å²) in [4.78, 5) is 27.9. The first-order valence-electron chi connectivity index (χ1n) is 8.27. The highest BCUT2D eigenvalue weighted by molar-refractivity contribution is 6.23. The minimum atomic E-state index is -0.674. The maximum atomic E-state index is 12.2. The molecule has 0 saturated heterocycles. The lowest BCUT2D eigenvalue weighted by Gasteiger charge is -2.22. The lowest BCUT2D eigenvalue weighted by molar-refractivity contribution is -0.141. The second-order valence-electron chi connectivity index (χ2n) is 6.23. The molecule has 2 aliphatic carbocycles. The third-order valence-corrected chi connectivity index (χ3v) is 4.53. The maximum absolute atomic E-state index is 12.2. The van der Waals surface area contributed by atoms with Crippen LogP contribution in [-0.2, 0) is 14.3 Å². The topological polar surface area (TPSA) is 55.7 Å². The molecule has 4 nitrogen and oxygen atoms in total. The predicted octanol–water partition coefficient (Wildman–Crippen LogP) is 3.29. The molecule has 0 amide bonds. The first-order chi connectivity index (χ1) is 10.2. The summed E-state index contributed by atoms with van der Waals surface area (Å²) in [5.74, 6) is -0.295. The van der Waals surface area contributed by atoms with E-state index in [-0.39, 0.29) is 17.8 Å². The Hall–Kier alpha value is -1.19. The first-order valence-corrected chi connectivity index (χ1v) is 8.27. The number of carbonyl (C=O) groups excluding carboxylic acids is 2. The van der Waals surface area contributed by atoms with Crippen molar-refractivity contribution < 1.29 is 14.3 Å². The van der Waals surface area contributed by atoms with E-state index in [1.807, 2.05) is 0 Å². The molecule has 2 rings (SSSR count). The summed E-state index contributed by atoms with van der Waals surface area (Å²) < 4.78 is 5.34. The number of rotatable bonds is 5. The summed E-state index contributed by atoms with van der Waals surface area (Å²) in [5.41, 5.74) is 0. The summed E-state index contributed by atoms with van der Waals surface area (Å²) in [6.07, 6.45) is 11.8. The molecule has 1 radical (unpaired) electrons. The van der Waals surface area contributed by atoms with E-state index in [0.717, 1.165) is 57.6 Å². The first kappa shape index (κ1) is 16.2. The molecule has 117 valence electrons. The quantitative estimate of drug-likeness (QED) is 0.577. The Balaban J connectivity index is 1.75. The van der Waals surface area contributed by atoms with E-state index in [2.05, 4.69) is 11.9 Å². The number of Topliss-reactive ketones (excluding diaryl/α,β-unsaturated/α-hetero) is 1. The van der Waals surface area contributed by atoms with Crippen LogP contribution < -0.4 is 0 Å². The zero-order valence-electron chi connectivity index (χ0n) is 12.8. The summed E-state index contributed by atoms with van der Waals surface area (Å²) >= 11 is 0. The average molecular weight is 292 g/mol. The normalized spacial score (nSPS) is 23.1. The number of ether oxygens (including phenoxy) is 1. The smallest absolute Gasteiger partial charge is 0.349 e. The molecule has 0 N–H and O–H groups in total. The van der Waals surface area contributed by atoms with Crippen LogP contribution in [0.15, 0.2) is 4.99 Å². The van der Waals surface area contributed by atoms with Crippen molar-refractivity contribution in [2.75, 3.05) is 0 Å². The number of hydrogen-bond donors (Lipinski definition) is 0. The number of hydrogen-bond acceptors (Lipinski definition) is 4. The lowest BCUT2D eigenvalue weighted by Crippen LogP contribution is -2.27. The van der Waals surface area contributed by atoms with Gasteiger partial charge in [-0.15, -0.1) is 0 Å². The van der Waals surface area contributed by atoms with Crippen LogP contribution >= 0.6 is 0 Å². The van der Waals surface area contributed by atoms with Gasteiger partial charge in [-0.3, -0.25) is 9.79 Å². The summed E-state index contributed by atoms with van der Waals surface area (Å²) in [6, 6.07) is -0.674. The molecule has 1 atom stereocenters. The number of esters is 1. The summed E-state index contributed by atoms with van der Waals surface area (Å²) in [6.45, 7) is 3.78. The van der Waals surface area contributed by atoms with Crippen molar-refractivity contribution in [2.45, 2.75) is 76.4 Å². The van der Waals surface area contributed by atoms with Crippen LogP contribution in [0, 0.1) is 12.8 Å². The van der Waals surface area contributed by atoms with E-state index in [4.69, 9.17) is 4.74 Å². The van der Waals surface area contributed by atoms with Crippen molar-refractivity contribution in [3.05, 3.63) is 6.92 Å². The van der Waals surface area contributed by atoms with Gasteiger partial charge in [-0.05, 0) is 45.4 Å². The van der Waals surface area contributed by atoms with Crippen molar-refractivity contribution >= 4 is 18.0 Å². The molecule has 2 saturated carbocycles. The van der Waals surface area contributed by atoms with Gasteiger partial charge >= 0.3 is 5.97 Å². The van der Waals surface area contributed by atoms with Crippen LogP contribution in [-0.4, -0.2) is 30.1 Å². The minimum absolute atomic E-state index is 0.0232. The third-order valence-electron chi connectivity index (χ3n) is 4.53. The Morgan fingerprint density at radius 1 is 1.00 bits per heavy atom. The van der Waals surface area contributed by atoms with Crippen LogP contribution in [0.2, 0.25) is 0 Å². The molecule has 0 aliphatic heterocycles. The molecular weight excluding hydrogens is 266 g/mol. The van der Waals surface area contributed by atoms with E-state index in [0.29, 0.717) is 0 Å². The van der Waals surface area contributed by atoms with Crippen LogP contribution in [0.25, 0.3) is 0 Å². The van der Waals surface area contributed by atoms with Crippen LogP contribution in [0.1, 0.15) is 64.2 Å². The van der Waals surface area contributed by atoms with Crippen molar-refractivity contribution in [1.82, 2.24) is 0 Å². The zero-order chi connectivity index (χ0) is 15.1. The third kappa shape index (κ3) is 5.25. The highest BCUT2D eigenvalue weighted by atomic mass is 16.5. The van der Waals surface area contributed by atoms with Gasteiger partial charge in [-0.25, -0.2) is 4.79 Å². The van der Waals surface area contributed by atoms with E-state index in [1.165, 1.54) is 12.8 Å². The van der Waals surface area contributed by atoms with Gasteiger partial charge in [0.15, 0.2) is 5.78 Å². The van der Waals surface area contributed by atoms with Gasteiger partial charge in [0.25, 0.3) is 0 Å². The van der Waals surface area contributed by atoms with Crippen molar-refractivity contribution in [2.24, 2.45) is 10.9 Å². The Morgan fingerprint density at radius 2 is 1.57 bits per heavy atom. The van der Waals surface area contributed by atoms with Crippen molar-refractivity contribution in [3.63, 3.8) is 0 Å². The fourth-order valence-electron chi connectivity index (χ4n) is 3.26. The molecule has 2 fully saturated rings. The SMILES string of the molecule is [CH2][C@H](N=CC(=O)OC1CCCCC1)C(=O)C1CCCCC1. The van der Waals surface area contributed by atoms with Crippen molar-refractivity contribution in [3.8, 4) is 0 Å². The van der Waals surface area contributed by atoms with Crippen LogP contribution in [0.5, 0.6) is 0 Å². The highest BCUT2D eigenvalue weighted by Gasteiger charge is 2.25. The number of carbonyl (C=O) groups is 2. The standard InChI is InChI=1S/C17H26NO3/c1-13(17(20)14-8-4-2-5-9-14)18-12-16(19)21-15-10-6-3-7-11-15/h12-15H,1-11H2/t13-/m0/s1. The Bertz CT molecular complexity index is 379. The van der Waals surface area contributed by atoms with Gasteiger partial charge in [0.05, 0.1) is 0 Å². The molecule has 21 heavy (non-hydrogen) atoms. The number of ketones is 1. The van der Waals surface area contributed by atoms with E-state index >= 15 is 0 Å². The largest absolute Gasteiger partial charge is 0.458 e. The zero-order valence-corrected chi connectivity index (χ0v) is 12.8. The summed E-state index contributed by atoms with van der Waals surface area (Å²) in [5, 5.41) is 0. The monoisotopic (exact) mass is 292 g/mol. The molecule has 2 aliphatic rings. The fraction of sp³-hybridized carbons (Fsp3) is 0.765. The molecule has 4 heteroatoms. The molecule has 0 aromatic carbocycles. The highest BCUT2D eigenvalue weighted by Crippen LogP contribution is 2.25. The predicted molar refractivity (Wildman–Crippen MR) is 82.2 cm³/mol. The van der Waals surface area contributed by atoms with Crippen molar-refractivity contribution in [1.29, 1.82) is 0 Å². The minimum Gasteiger partial charge on any atom is -0.458 e. The molecule has 0 bridgehead atoms. The molecule has 0 spiro atoms. The summed E-state index contributed by atoms with van der Waals surface area (Å²) in [7, 11) is 0. The average Bonchev–Trinajstić information content (AvgIpc) is 2.53. The van der Waals surface area contributed by atoms with E-state index in [9.17, 15) is 9.59 Å². The van der Waals surface area contributed by atoms with Gasteiger partial charge in [0, 0.05) is 5.92 Å². The van der Waals surface area contributed by atoms with E-state index in [1.54, 1.807) is 0 Å². The second kappa shape index (κ2) is 8.30. The van der Waals surface area contributed by atoms with Gasteiger partial charge in [-0.2, -0.15) is 0 Å². The molecule has 0 heterocycles. The van der Waals surface area contributed by atoms with Crippen LogP contribution in [0.3, 0.4) is 0 Å². The van der Waals surface area contributed by atoms with E-state index < -0.39 is 12.0 Å². The van der Waals surface area contributed by atoms with Gasteiger partial charge in [0.1, 0.15) is 18.4 Å². The fourth-order valence-corrected chi connectivity index (χ4v) is 3.26. The Kier molecular flexibility index (Phi) is 6.40. The van der Waals surface area contributed by atoms with Gasteiger partial charge in [0.2, 0.25) is 0 Å². The molecule has 0 aromatic rings. The molecule has 0 unspecified atom stereocenters. The maximum Gasteiger partial charge on any atom is 0.349 e. The molecule has 0 aromatic heterocycles. The lowest BCUT2D eigenvalue weighted by atomic mass is 9.84. The number of aliphatic imine (C=N–C) groups is 1. The van der Waals surface area contributed by atoms with Crippen LogP contribution in [0.4, 0.5) is 0 Å².